The Bertz CT molecular complexity index is 1130. The second-order valence-corrected chi connectivity index (χ2v) is 6.92. The van der Waals surface area contributed by atoms with Gasteiger partial charge in [0, 0.05) is 22.5 Å². The van der Waals surface area contributed by atoms with E-state index in [1.165, 1.54) is 0 Å². The Labute approximate surface area is 174 Å². The Balaban J connectivity index is 0.000000224. The van der Waals surface area contributed by atoms with Crippen LogP contribution in [0.5, 0.6) is 0 Å². The molecule has 4 rings (SSSR count). The van der Waals surface area contributed by atoms with E-state index in [0.717, 1.165) is 21.8 Å². The summed E-state index contributed by atoms with van der Waals surface area (Å²) in [5.41, 5.74) is 9.85. The van der Waals surface area contributed by atoms with Crippen LogP contribution in [-0.4, -0.2) is 16.1 Å². The molecule has 29 heavy (non-hydrogen) atoms. The number of carboxylic acid groups (broad SMARTS) is 1. The zero-order valence-electron chi connectivity index (χ0n) is 16.0. The first kappa shape index (κ1) is 20.5. The highest BCUT2D eigenvalue weighted by Gasteiger charge is 2.17. The van der Waals surface area contributed by atoms with Crippen molar-refractivity contribution in [3.63, 3.8) is 0 Å². The summed E-state index contributed by atoms with van der Waals surface area (Å²) in [5.74, 6) is -0.918. The van der Waals surface area contributed by atoms with E-state index in [2.05, 4.69) is 4.98 Å². The Kier molecular flexibility index (Phi) is 6.60. The lowest BCUT2D eigenvalue weighted by Gasteiger charge is -2.11. The molecule has 146 valence electrons. The molecule has 4 aromatic rings. The van der Waals surface area contributed by atoms with E-state index in [1.54, 1.807) is 6.07 Å². The highest BCUT2D eigenvalue weighted by molar-refractivity contribution is 6.30. The first-order valence-corrected chi connectivity index (χ1v) is 9.51. The molecular weight excluding hydrogens is 384 g/mol. The summed E-state index contributed by atoms with van der Waals surface area (Å²) in [6.45, 7) is 2.39. The molecule has 3 N–H and O–H groups in total. The number of halogens is 1. The van der Waals surface area contributed by atoms with E-state index in [0.29, 0.717) is 28.6 Å². The number of benzene rings is 3. The number of nitrogens with two attached hydrogens (primary N) is 1. The number of pyridine rings is 1. The van der Waals surface area contributed by atoms with Crippen LogP contribution in [-0.2, 0) is 6.54 Å². The van der Waals surface area contributed by atoms with Crippen molar-refractivity contribution in [1.82, 2.24) is 4.98 Å². The van der Waals surface area contributed by atoms with E-state index < -0.39 is 5.97 Å². The van der Waals surface area contributed by atoms with Crippen molar-refractivity contribution in [2.75, 3.05) is 0 Å². The maximum atomic E-state index is 11.6. The monoisotopic (exact) mass is 404 g/mol. The van der Waals surface area contributed by atoms with Gasteiger partial charge in [0.25, 0.3) is 0 Å². The third kappa shape index (κ3) is 4.80. The summed E-state index contributed by atoms with van der Waals surface area (Å²) < 4.78 is 0. The van der Waals surface area contributed by atoms with Crippen LogP contribution < -0.4 is 5.73 Å². The Morgan fingerprint density at radius 1 is 0.966 bits per heavy atom. The molecule has 0 saturated carbocycles. The number of aromatic carboxylic acids is 1. The lowest BCUT2D eigenvalue weighted by molar-refractivity contribution is 0.0698. The Morgan fingerprint density at radius 2 is 1.59 bits per heavy atom. The van der Waals surface area contributed by atoms with Crippen LogP contribution in [0.25, 0.3) is 22.2 Å². The maximum Gasteiger partial charge on any atom is 0.336 e. The molecule has 0 amide bonds. The van der Waals surface area contributed by atoms with Gasteiger partial charge >= 0.3 is 5.97 Å². The first-order chi connectivity index (χ1) is 14.0. The van der Waals surface area contributed by atoms with Crippen molar-refractivity contribution in [2.24, 2.45) is 5.73 Å². The molecular formula is C24H21ClN2O2. The molecule has 0 radical (unpaired) electrons. The smallest absolute Gasteiger partial charge is 0.336 e. The van der Waals surface area contributed by atoms with Crippen LogP contribution in [0.3, 0.4) is 0 Å². The van der Waals surface area contributed by atoms with Gasteiger partial charge in [-0.05, 0) is 36.2 Å². The minimum Gasteiger partial charge on any atom is -0.478 e. The zero-order chi connectivity index (χ0) is 20.8. The molecule has 0 atom stereocenters. The van der Waals surface area contributed by atoms with E-state index in [1.807, 2.05) is 79.7 Å². The highest BCUT2D eigenvalue weighted by atomic mass is 35.5. The maximum absolute atomic E-state index is 11.6. The van der Waals surface area contributed by atoms with Crippen LogP contribution in [0, 0.1) is 6.92 Å². The summed E-state index contributed by atoms with van der Waals surface area (Å²) in [6.07, 6.45) is 0. The molecule has 0 spiro atoms. The van der Waals surface area contributed by atoms with E-state index in [-0.39, 0.29) is 0 Å². The predicted molar refractivity (Wildman–Crippen MR) is 118 cm³/mol. The number of hydrogen-bond donors (Lipinski definition) is 2. The molecule has 0 unspecified atom stereocenters. The molecule has 1 aromatic heterocycles. The van der Waals surface area contributed by atoms with Gasteiger partial charge in [-0.2, -0.15) is 0 Å². The molecule has 4 nitrogen and oxygen atoms in total. The minimum atomic E-state index is -0.918. The van der Waals surface area contributed by atoms with Crippen molar-refractivity contribution < 1.29 is 9.90 Å². The number of fused-ring (bicyclic) bond motifs is 1. The van der Waals surface area contributed by atoms with Crippen molar-refractivity contribution in [3.05, 3.63) is 101 Å². The van der Waals surface area contributed by atoms with Gasteiger partial charge in [0.05, 0.1) is 16.8 Å². The van der Waals surface area contributed by atoms with E-state index in [9.17, 15) is 9.90 Å². The van der Waals surface area contributed by atoms with Crippen molar-refractivity contribution in [1.29, 1.82) is 0 Å². The minimum absolute atomic E-state index is 0.328. The van der Waals surface area contributed by atoms with Gasteiger partial charge in [-0.15, -0.1) is 0 Å². The average Bonchev–Trinajstić information content (AvgIpc) is 2.74. The lowest BCUT2D eigenvalue weighted by atomic mass is 9.98. The zero-order valence-corrected chi connectivity index (χ0v) is 16.7. The number of carbonyl (C=O) groups is 1. The molecule has 0 aliphatic heterocycles. The van der Waals surface area contributed by atoms with Gasteiger partial charge in [-0.25, -0.2) is 9.78 Å². The molecule has 3 aromatic carbocycles. The molecule has 0 aliphatic rings. The number of hydrogen-bond acceptors (Lipinski definition) is 3. The fourth-order valence-electron chi connectivity index (χ4n) is 3.08. The van der Waals surface area contributed by atoms with Gasteiger partial charge < -0.3 is 10.8 Å². The van der Waals surface area contributed by atoms with Crippen LogP contribution in [0.1, 0.15) is 21.5 Å². The van der Waals surface area contributed by atoms with Crippen LogP contribution in [0.15, 0.2) is 78.9 Å². The Hall–Kier alpha value is -3.21. The molecule has 1 heterocycles. The quantitative estimate of drug-likeness (QED) is 0.458. The standard InChI is InChI=1S/C17H13NO2.C7H8ClN/c1-11-15(17(19)20)13-9-5-6-10-14(13)18-16(11)12-7-3-2-4-8-12;8-7-3-1-6(5-9)2-4-7/h2-10H,1H3,(H,19,20);1-4H,5,9H2. The summed E-state index contributed by atoms with van der Waals surface area (Å²) in [4.78, 5) is 16.2. The average molecular weight is 405 g/mol. The number of aromatic nitrogens is 1. The summed E-state index contributed by atoms with van der Waals surface area (Å²) >= 11 is 5.63. The fraction of sp³-hybridized carbons (Fsp3) is 0.0833. The summed E-state index contributed by atoms with van der Waals surface area (Å²) in [5, 5.41) is 10.9. The largest absolute Gasteiger partial charge is 0.478 e. The van der Waals surface area contributed by atoms with E-state index >= 15 is 0 Å². The SMILES string of the molecule is Cc1c(-c2ccccc2)nc2ccccc2c1C(=O)O.NCc1ccc(Cl)cc1. The van der Waals surface area contributed by atoms with Crippen molar-refractivity contribution in [2.45, 2.75) is 13.5 Å². The second-order valence-electron chi connectivity index (χ2n) is 6.48. The molecule has 0 saturated heterocycles. The normalized spacial score (nSPS) is 10.3. The van der Waals surface area contributed by atoms with Crippen molar-refractivity contribution in [3.8, 4) is 11.3 Å². The van der Waals surface area contributed by atoms with Crippen molar-refractivity contribution >= 4 is 28.5 Å². The highest BCUT2D eigenvalue weighted by Crippen LogP contribution is 2.29. The molecule has 0 fully saturated rings. The van der Waals surface area contributed by atoms with Gasteiger partial charge in [0.1, 0.15) is 0 Å². The topological polar surface area (TPSA) is 76.2 Å². The second kappa shape index (κ2) is 9.32. The number of carboxylic acids is 1. The van der Waals surface area contributed by atoms with Crippen LogP contribution in [0.4, 0.5) is 0 Å². The molecule has 0 aliphatic carbocycles. The number of nitrogens with zero attached hydrogens (tertiary/aromatic N) is 1. The first-order valence-electron chi connectivity index (χ1n) is 9.14. The van der Waals surface area contributed by atoms with Crippen LogP contribution in [0.2, 0.25) is 5.02 Å². The van der Waals surface area contributed by atoms with Crippen LogP contribution >= 0.6 is 11.6 Å². The van der Waals surface area contributed by atoms with Gasteiger partial charge in [-0.3, -0.25) is 0 Å². The third-order valence-corrected chi connectivity index (χ3v) is 4.80. The predicted octanol–water partition coefficient (Wildman–Crippen LogP) is 5.71. The summed E-state index contributed by atoms with van der Waals surface area (Å²) in [7, 11) is 0. The summed E-state index contributed by atoms with van der Waals surface area (Å²) in [6, 6.07) is 24.5. The number of rotatable bonds is 3. The fourth-order valence-corrected chi connectivity index (χ4v) is 3.21. The lowest BCUT2D eigenvalue weighted by Crippen LogP contribution is -2.04. The molecule has 5 heteroatoms. The van der Waals surface area contributed by atoms with Gasteiger partial charge in [-0.1, -0.05) is 72.3 Å². The number of para-hydroxylation sites is 1. The van der Waals surface area contributed by atoms with E-state index in [4.69, 9.17) is 17.3 Å². The van der Waals surface area contributed by atoms with Gasteiger partial charge in [0.15, 0.2) is 0 Å². The van der Waals surface area contributed by atoms with Gasteiger partial charge in [0.2, 0.25) is 0 Å². The molecule has 0 bridgehead atoms. The Morgan fingerprint density at radius 3 is 2.21 bits per heavy atom. The third-order valence-electron chi connectivity index (χ3n) is 4.55.